The molecule has 0 atom stereocenters. The van der Waals surface area contributed by atoms with E-state index in [9.17, 15) is 8.22 Å². The Morgan fingerprint density at radius 1 is 0.400 bits per heavy atom. The molecule has 10 rings (SSSR count). The Morgan fingerprint density at radius 2 is 1.02 bits per heavy atom. The standard InChI is InChI=1S/C45H27N3OS/c1-4-13-28(14-5-1)32-25-36(42-35-19-10-11-22-39(35)50-40(42)27-32)33-20-12-21-37-41(33)34-24-23-31(26-38(34)49-37)45-47-43(29-15-6-2-7-16-29)46-44(48-45)30-17-8-3-9-18-30/h1-27H/i1D,2D,3D,4D,5D,6D,7D,8D,9D,10D,11D,12D,13D,14D,15D,16D,17D,18D,19D,20D,21D,22D,23D,24D,25D,26D,27D. The predicted octanol–water partition coefficient (Wildman–Crippen LogP) is 12.5. The zero-order valence-electron chi connectivity index (χ0n) is 51.7. The number of rotatable bonds is 5. The van der Waals surface area contributed by atoms with Gasteiger partial charge in [-0.3, -0.25) is 0 Å². The lowest BCUT2D eigenvalue weighted by Crippen LogP contribution is -2.00. The summed E-state index contributed by atoms with van der Waals surface area (Å²) in [7, 11) is 0. The molecule has 3 heterocycles. The second kappa shape index (κ2) is 11.6. The minimum absolute atomic E-state index is 0.183. The van der Waals surface area contributed by atoms with E-state index >= 15 is 0 Å². The summed E-state index contributed by atoms with van der Waals surface area (Å²) in [4.78, 5) is 12.8. The van der Waals surface area contributed by atoms with Crippen LogP contribution in [-0.4, -0.2) is 15.0 Å². The van der Waals surface area contributed by atoms with E-state index in [1.165, 1.54) is 0 Å². The first-order chi connectivity index (χ1) is 36.0. The van der Waals surface area contributed by atoms with Crippen LogP contribution in [-0.2, 0) is 0 Å². The summed E-state index contributed by atoms with van der Waals surface area (Å²) >= 11 is 0.613. The van der Waals surface area contributed by atoms with Crippen molar-refractivity contribution in [3.05, 3.63) is 163 Å². The lowest BCUT2D eigenvalue weighted by molar-refractivity contribution is 0.669. The Bertz CT molecular complexity index is 4260. The molecule has 0 fully saturated rings. The highest BCUT2D eigenvalue weighted by Gasteiger charge is 2.20. The van der Waals surface area contributed by atoms with Gasteiger partial charge in [-0.25, -0.2) is 15.0 Å². The third kappa shape index (κ3) is 4.79. The minimum atomic E-state index is -0.970. The molecule has 0 amide bonds. The van der Waals surface area contributed by atoms with Gasteiger partial charge < -0.3 is 4.42 Å². The molecule has 0 unspecified atom stereocenters. The van der Waals surface area contributed by atoms with Crippen molar-refractivity contribution in [3.8, 4) is 56.4 Å². The maximum atomic E-state index is 9.90. The average Bonchev–Trinajstić information content (AvgIpc) is 4.16. The monoisotopic (exact) mass is 684 g/mol. The summed E-state index contributed by atoms with van der Waals surface area (Å²) in [6.45, 7) is 0. The number of aromatic nitrogens is 3. The van der Waals surface area contributed by atoms with Gasteiger partial charge in [-0.05, 0) is 58.5 Å². The van der Waals surface area contributed by atoms with Crippen LogP contribution in [0.4, 0.5) is 0 Å². The summed E-state index contributed by atoms with van der Waals surface area (Å²) in [6.07, 6.45) is 0. The van der Waals surface area contributed by atoms with E-state index in [2.05, 4.69) is 15.0 Å². The molecule has 0 aliphatic heterocycles. The van der Waals surface area contributed by atoms with Gasteiger partial charge in [0.25, 0.3) is 0 Å². The van der Waals surface area contributed by atoms with Crippen LogP contribution < -0.4 is 0 Å². The van der Waals surface area contributed by atoms with E-state index in [1.54, 1.807) is 0 Å². The van der Waals surface area contributed by atoms with Crippen LogP contribution in [0, 0.1) is 0 Å². The first kappa shape index (κ1) is 12.5. The van der Waals surface area contributed by atoms with Crippen molar-refractivity contribution in [1.82, 2.24) is 15.0 Å². The number of hydrogen-bond acceptors (Lipinski definition) is 5. The molecule has 3 aromatic heterocycles. The van der Waals surface area contributed by atoms with Crippen LogP contribution in [0.1, 0.15) is 37.0 Å². The molecule has 50 heavy (non-hydrogen) atoms. The molecule has 234 valence electrons. The van der Waals surface area contributed by atoms with Crippen molar-refractivity contribution in [2.45, 2.75) is 0 Å². The smallest absolute Gasteiger partial charge is 0.164 e. The Hall–Kier alpha value is -6.43. The summed E-state index contributed by atoms with van der Waals surface area (Å²) in [5.74, 6) is -2.37. The van der Waals surface area contributed by atoms with Gasteiger partial charge >= 0.3 is 0 Å². The number of thiophene rings is 1. The zero-order valence-corrected chi connectivity index (χ0v) is 25.5. The topological polar surface area (TPSA) is 51.8 Å². The highest BCUT2D eigenvalue weighted by Crippen LogP contribution is 2.46. The first-order valence-electron chi connectivity index (χ1n) is 27.9. The molecule has 0 bridgehead atoms. The van der Waals surface area contributed by atoms with Gasteiger partial charge in [-0.2, -0.15) is 0 Å². The molecule has 7 aromatic carbocycles. The molecule has 0 spiro atoms. The van der Waals surface area contributed by atoms with Crippen LogP contribution in [0.2, 0.25) is 0 Å². The average molecular weight is 685 g/mol. The first-order valence-corrected chi connectivity index (χ1v) is 15.2. The SMILES string of the molecule is [2H]c1c([2H])c([2H])c(-c2nc(-c3c([2H])c([2H])c([2H])c([2H])c3[2H])nc(-c3c([2H])c([2H])c4c(oc5c([2H])c([2H])c([2H])c(-c6c([2H])c(-c7c([2H])c([2H])c([2H])c([2H])c7[2H])c([2H])c7sc8c([2H])c([2H])c([2H])c([2H])c8c67)c54)c3[2H])n2)c([2H])c1[2H]. The van der Waals surface area contributed by atoms with E-state index in [-0.39, 0.29) is 20.2 Å². The normalized spacial score (nSPS) is 19.2. The summed E-state index contributed by atoms with van der Waals surface area (Å²) in [5, 5.41) is -1.71. The van der Waals surface area contributed by atoms with E-state index in [0.29, 0.717) is 11.3 Å². The fourth-order valence-electron chi connectivity index (χ4n) is 5.35. The number of furan rings is 1. The van der Waals surface area contributed by atoms with Gasteiger partial charge in [-0.1, -0.05) is 127 Å². The molecule has 0 aliphatic carbocycles. The largest absolute Gasteiger partial charge is 0.456 e. The van der Waals surface area contributed by atoms with Crippen LogP contribution in [0.3, 0.4) is 0 Å². The van der Waals surface area contributed by atoms with Crippen molar-refractivity contribution in [3.63, 3.8) is 0 Å². The van der Waals surface area contributed by atoms with E-state index in [1.807, 2.05) is 0 Å². The highest BCUT2D eigenvalue weighted by atomic mass is 32.1. The zero-order chi connectivity index (χ0) is 56.5. The highest BCUT2D eigenvalue weighted by molar-refractivity contribution is 7.26. The number of hydrogen-bond donors (Lipinski definition) is 0. The van der Waals surface area contributed by atoms with Crippen LogP contribution >= 0.6 is 11.3 Å². The van der Waals surface area contributed by atoms with Crippen molar-refractivity contribution in [1.29, 1.82) is 0 Å². The molecule has 5 heteroatoms. The molecular formula is C45H27N3OS. The van der Waals surface area contributed by atoms with Crippen molar-refractivity contribution in [2.75, 3.05) is 0 Å². The van der Waals surface area contributed by atoms with Crippen LogP contribution in [0.15, 0.2) is 168 Å². The van der Waals surface area contributed by atoms with E-state index in [4.69, 9.17) is 33.2 Å². The minimum Gasteiger partial charge on any atom is -0.456 e. The van der Waals surface area contributed by atoms with Gasteiger partial charge in [-0.15, -0.1) is 11.3 Å². The fraction of sp³-hybridized carbons (Fsp3) is 0. The lowest BCUT2D eigenvalue weighted by atomic mass is 9.92. The predicted molar refractivity (Wildman–Crippen MR) is 207 cm³/mol. The Balaban J connectivity index is 1.39. The summed E-state index contributed by atoms with van der Waals surface area (Å²) in [5.41, 5.74) is -6.00. The van der Waals surface area contributed by atoms with Gasteiger partial charge in [0.2, 0.25) is 0 Å². The second-order valence-electron chi connectivity index (χ2n) is 10.3. The van der Waals surface area contributed by atoms with Gasteiger partial charge in [0, 0.05) is 47.6 Å². The second-order valence-corrected chi connectivity index (χ2v) is 11.3. The molecule has 0 aliphatic rings. The van der Waals surface area contributed by atoms with Gasteiger partial charge in [0.1, 0.15) is 11.2 Å². The fourth-order valence-corrected chi connectivity index (χ4v) is 6.37. The quantitative estimate of drug-likeness (QED) is 0.181. The van der Waals surface area contributed by atoms with Crippen molar-refractivity contribution >= 4 is 53.4 Å². The van der Waals surface area contributed by atoms with Crippen molar-refractivity contribution < 1.29 is 41.4 Å². The van der Waals surface area contributed by atoms with Crippen molar-refractivity contribution in [2.24, 2.45) is 0 Å². The Labute approximate surface area is 329 Å². The Kier molecular flexibility index (Phi) is 2.90. The number of fused-ring (bicyclic) bond motifs is 6. The lowest BCUT2D eigenvalue weighted by Gasteiger charge is -2.11. The van der Waals surface area contributed by atoms with Crippen LogP contribution in [0.25, 0.3) is 98.5 Å². The van der Waals surface area contributed by atoms with Crippen LogP contribution in [0.5, 0.6) is 0 Å². The third-order valence-corrected chi connectivity index (χ3v) is 8.47. The third-order valence-electron chi connectivity index (χ3n) is 7.45. The molecule has 0 radical (unpaired) electrons. The summed E-state index contributed by atoms with van der Waals surface area (Å²) in [6, 6.07) is -22.7. The molecule has 10 aromatic rings. The number of benzene rings is 7. The number of nitrogens with zero attached hydrogens (tertiary/aromatic N) is 3. The van der Waals surface area contributed by atoms with E-state index in [0.717, 1.165) is 0 Å². The molecule has 0 N–H and O–H groups in total. The Morgan fingerprint density at radius 3 is 1.72 bits per heavy atom. The molecular weight excluding hydrogens is 631 g/mol. The van der Waals surface area contributed by atoms with Gasteiger partial charge in [0.15, 0.2) is 17.5 Å². The van der Waals surface area contributed by atoms with Gasteiger partial charge in [0.05, 0.1) is 37.0 Å². The molecule has 4 nitrogen and oxygen atoms in total. The maximum Gasteiger partial charge on any atom is 0.164 e. The summed E-state index contributed by atoms with van der Waals surface area (Å²) < 4.78 is 244. The maximum absolute atomic E-state index is 9.90. The molecule has 0 saturated carbocycles. The van der Waals surface area contributed by atoms with E-state index < -0.39 is 242 Å². The molecule has 0 saturated heterocycles.